The van der Waals surface area contributed by atoms with Crippen molar-refractivity contribution in [2.45, 2.75) is 32.9 Å². The first-order valence-corrected chi connectivity index (χ1v) is 6.29. The SMILES string of the molecule is CCN(Cc1cc(F)ccc1OC)C(C)CCO. The molecular formula is C14H22FNO2. The van der Waals surface area contributed by atoms with E-state index in [1.54, 1.807) is 13.2 Å². The van der Waals surface area contributed by atoms with Gasteiger partial charge in [0.25, 0.3) is 0 Å². The van der Waals surface area contributed by atoms with E-state index in [4.69, 9.17) is 9.84 Å². The lowest BCUT2D eigenvalue weighted by Gasteiger charge is -2.28. The third kappa shape index (κ3) is 3.96. The largest absolute Gasteiger partial charge is 0.496 e. The van der Waals surface area contributed by atoms with Crippen molar-refractivity contribution in [3.63, 3.8) is 0 Å². The maximum atomic E-state index is 13.3. The van der Waals surface area contributed by atoms with Crippen LogP contribution in [-0.2, 0) is 6.54 Å². The molecule has 0 aliphatic rings. The van der Waals surface area contributed by atoms with Crippen molar-refractivity contribution in [2.75, 3.05) is 20.3 Å². The Hall–Kier alpha value is -1.13. The van der Waals surface area contributed by atoms with Gasteiger partial charge in [-0.25, -0.2) is 4.39 Å². The number of hydrogen-bond acceptors (Lipinski definition) is 3. The van der Waals surface area contributed by atoms with Gasteiger partial charge < -0.3 is 9.84 Å². The fourth-order valence-corrected chi connectivity index (χ4v) is 2.04. The van der Waals surface area contributed by atoms with Gasteiger partial charge in [0.15, 0.2) is 0 Å². The Balaban J connectivity index is 2.83. The zero-order chi connectivity index (χ0) is 13.5. The van der Waals surface area contributed by atoms with Crippen LogP contribution in [0.3, 0.4) is 0 Å². The monoisotopic (exact) mass is 255 g/mol. The highest BCUT2D eigenvalue weighted by molar-refractivity contribution is 5.33. The Kier molecular flexibility index (Phi) is 6.09. The van der Waals surface area contributed by atoms with Crippen molar-refractivity contribution in [3.8, 4) is 5.75 Å². The number of benzene rings is 1. The molecule has 18 heavy (non-hydrogen) atoms. The molecule has 0 saturated heterocycles. The summed E-state index contributed by atoms with van der Waals surface area (Å²) in [5.41, 5.74) is 0.837. The van der Waals surface area contributed by atoms with E-state index in [0.29, 0.717) is 18.7 Å². The van der Waals surface area contributed by atoms with Gasteiger partial charge in [0.2, 0.25) is 0 Å². The van der Waals surface area contributed by atoms with Gasteiger partial charge in [-0.1, -0.05) is 6.92 Å². The summed E-state index contributed by atoms with van der Waals surface area (Å²) in [6, 6.07) is 4.81. The second kappa shape index (κ2) is 7.34. The van der Waals surface area contributed by atoms with Crippen LogP contribution in [-0.4, -0.2) is 36.3 Å². The standard InChI is InChI=1S/C14H22FNO2/c1-4-16(11(2)7-8-17)10-12-9-13(15)5-6-14(12)18-3/h5-6,9,11,17H,4,7-8,10H2,1-3H3. The average Bonchev–Trinajstić information content (AvgIpc) is 2.36. The summed E-state index contributed by atoms with van der Waals surface area (Å²) in [5.74, 6) is 0.447. The molecule has 4 heteroatoms. The van der Waals surface area contributed by atoms with Gasteiger partial charge in [0, 0.05) is 24.8 Å². The third-order valence-corrected chi connectivity index (χ3v) is 3.19. The molecule has 3 nitrogen and oxygen atoms in total. The molecule has 1 unspecified atom stereocenters. The number of halogens is 1. The molecule has 0 spiro atoms. The zero-order valence-corrected chi connectivity index (χ0v) is 11.3. The van der Waals surface area contributed by atoms with Crippen molar-refractivity contribution in [3.05, 3.63) is 29.6 Å². The van der Waals surface area contributed by atoms with Crippen LogP contribution in [0.5, 0.6) is 5.75 Å². The minimum atomic E-state index is -0.253. The van der Waals surface area contributed by atoms with Gasteiger partial charge in [-0.05, 0) is 38.1 Å². The predicted molar refractivity (Wildman–Crippen MR) is 70.2 cm³/mol. The van der Waals surface area contributed by atoms with Crippen LogP contribution in [0.2, 0.25) is 0 Å². The van der Waals surface area contributed by atoms with Crippen LogP contribution < -0.4 is 4.74 Å². The smallest absolute Gasteiger partial charge is 0.123 e. The zero-order valence-electron chi connectivity index (χ0n) is 11.3. The second-order valence-electron chi connectivity index (χ2n) is 4.38. The molecule has 0 bridgehead atoms. The van der Waals surface area contributed by atoms with E-state index >= 15 is 0 Å². The number of aliphatic hydroxyl groups is 1. The Morgan fingerprint density at radius 1 is 1.44 bits per heavy atom. The summed E-state index contributed by atoms with van der Waals surface area (Å²) in [7, 11) is 1.59. The fourth-order valence-electron chi connectivity index (χ4n) is 2.04. The van der Waals surface area contributed by atoms with Crippen LogP contribution in [0.4, 0.5) is 4.39 Å². The lowest BCUT2D eigenvalue weighted by Crippen LogP contribution is -2.33. The summed E-state index contributed by atoms with van der Waals surface area (Å²) in [6.07, 6.45) is 0.714. The molecule has 0 saturated carbocycles. The number of aliphatic hydroxyl groups excluding tert-OH is 1. The van der Waals surface area contributed by atoms with E-state index in [1.807, 2.05) is 0 Å². The van der Waals surface area contributed by atoms with Crippen molar-refractivity contribution in [1.82, 2.24) is 4.90 Å². The summed E-state index contributed by atoms with van der Waals surface area (Å²) < 4.78 is 18.5. The number of methoxy groups -OCH3 is 1. The van der Waals surface area contributed by atoms with Crippen molar-refractivity contribution in [1.29, 1.82) is 0 Å². The Labute approximate surface area is 108 Å². The first kappa shape index (κ1) is 14.9. The normalized spacial score (nSPS) is 12.8. The highest BCUT2D eigenvalue weighted by Crippen LogP contribution is 2.22. The third-order valence-electron chi connectivity index (χ3n) is 3.19. The molecule has 0 heterocycles. The van der Waals surface area contributed by atoms with Crippen LogP contribution >= 0.6 is 0 Å². The Bertz CT molecular complexity index is 371. The molecule has 0 fully saturated rings. The summed E-state index contributed by atoms with van der Waals surface area (Å²) in [5, 5.41) is 8.98. The van der Waals surface area contributed by atoms with Crippen LogP contribution in [0.1, 0.15) is 25.8 Å². The fraction of sp³-hybridized carbons (Fsp3) is 0.571. The van der Waals surface area contributed by atoms with E-state index in [2.05, 4.69) is 18.7 Å². The minimum absolute atomic E-state index is 0.165. The highest BCUT2D eigenvalue weighted by Gasteiger charge is 2.14. The van der Waals surface area contributed by atoms with E-state index in [1.165, 1.54) is 12.1 Å². The topological polar surface area (TPSA) is 32.7 Å². The first-order chi connectivity index (χ1) is 8.62. The van der Waals surface area contributed by atoms with E-state index < -0.39 is 0 Å². The summed E-state index contributed by atoms with van der Waals surface area (Å²) >= 11 is 0. The second-order valence-corrected chi connectivity index (χ2v) is 4.38. The maximum absolute atomic E-state index is 13.3. The van der Waals surface area contributed by atoms with Crippen LogP contribution in [0.15, 0.2) is 18.2 Å². The molecule has 0 amide bonds. The van der Waals surface area contributed by atoms with Gasteiger partial charge in [-0.2, -0.15) is 0 Å². The Morgan fingerprint density at radius 2 is 2.17 bits per heavy atom. The molecular weight excluding hydrogens is 233 g/mol. The van der Waals surface area contributed by atoms with Crippen molar-refractivity contribution in [2.24, 2.45) is 0 Å². The quantitative estimate of drug-likeness (QED) is 0.812. The van der Waals surface area contributed by atoms with Crippen LogP contribution in [0.25, 0.3) is 0 Å². The molecule has 0 aromatic heterocycles. The van der Waals surface area contributed by atoms with E-state index in [0.717, 1.165) is 12.1 Å². The summed E-state index contributed by atoms with van der Waals surface area (Å²) in [6.45, 7) is 5.75. The molecule has 1 aromatic rings. The lowest BCUT2D eigenvalue weighted by atomic mass is 10.1. The molecule has 1 rings (SSSR count). The lowest BCUT2D eigenvalue weighted by molar-refractivity contribution is 0.166. The van der Waals surface area contributed by atoms with Gasteiger partial charge in [-0.15, -0.1) is 0 Å². The molecule has 0 radical (unpaired) electrons. The number of ether oxygens (including phenoxy) is 1. The Morgan fingerprint density at radius 3 is 2.72 bits per heavy atom. The van der Waals surface area contributed by atoms with E-state index in [9.17, 15) is 4.39 Å². The van der Waals surface area contributed by atoms with Crippen LogP contribution in [0, 0.1) is 5.82 Å². The molecule has 1 aromatic carbocycles. The van der Waals surface area contributed by atoms with Gasteiger partial charge in [0.05, 0.1) is 7.11 Å². The highest BCUT2D eigenvalue weighted by atomic mass is 19.1. The van der Waals surface area contributed by atoms with Gasteiger partial charge in [0.1, 0.15) is 11.6 Å². The molecule has 0 aliphatic heterocycles. The van der Waals surface area contributed by atoms with E-state index in [-0.39, 0.29) is 18.5 Å². The molecule has 1 atom stereocenters. The maximum Gasteiger partial charge on any atom is 0.123 e. The molecule has 0 aliphatic carbocycles. The first-order valence-electron chi connectivity index (χ1n) is 6.29. The van der Waals surface area contributed by atoms with Gasteiger partial charge in [-0.3, -0.25) is 4.90 Å². The summed E-state index contributed by atoms with van der Waals surface area (Å²) in [4.78, 5) is 2.19. The number of hydrogen-bond donors (Lipinski definition) is 1. The van der Waals surface area contributed by atoms with Gasteiger partial charge >= 0.3 is 0 Å². The molecule has 102 valence electrons. The minimum Gasteiger partial charge on any atom is -0.496 e. The molecule has 1 N–H and O–H groups in total. The van der Waals surface area contributed by atoms with Crippen molar-refractivity contribution >= 4 is 0 Å². The van der Waals surface area contributed by atoms with Crippen molar-refractivity contribution < 1.29 is 14.2 Å². The average molecular weight is 255 g/mol. The predicted octanol–water partition coefficient (Wildman–Crippen LogP) is 2.43. The number of rotatable bonds is 7. The number of nitrogens with zero attached hydrogens (tertiary/aromatic N) is 1.